The van der Waals surface area contributed by atoms with E-state index in [1.807, 2.05) is 23.6 Å². The van der Waals surface area contributed by atoms with Crippen molar-refractivity contribution in [3.05, 3.63) is 52.1 Å². The van der Waals surface area contributed by atoms with Gasteiger partial charge in [0.2, 0.25) is 5.76 Å². The molecule has 24 heavy (non-hydrogen) atoms. The lowest BCUT2D eigenvalue weighted by Crippen LogP contribution is -2.38. The van der Waals surface area contributed by atoms with E-state index in [0.29, 0.717) is 6.54 Å². The van der Waals surface area contributed by atoms with E-state index in [1.165, 1.54) is 12.1 Å². The van der Waals surface area contributed by atoms with Gasteiger partial charge in [-0.05, 0) is 42.5 Å². The summed E-state index contributed by atoms with van der Waals surface area (Å²) in [5.74, 6) is -1.54. The zero-order valence-corrected chi connectivity index (χ0v) is 14.0. The number of nitrogens with zero attached hydrogens (tertiary/aromatic N) is 1. The fourth-order valence-corrected chi connectivity index (χ4v) is 3.52. The molecular formula is C18H19NO4S. The van der Waals surface area contributed by atoms with E-state index in [2.05, 4.69) is 6.08 Å². The normalized spacial score (nSPS) is 18.7. The van der Waals surface area contributed by atoms with Crippen molar-refractivity contribution in [2.75, 3.05) is 6.54 Å². The Labute approximate surface area is 144 Å². The summed E-state index contributed by atoms with van der Waals surface area (Å²) in [4.78, 5) is 26.6. The first-order valence-electron chi connectivity index (χ1n) is 8.01. The Kier molecular flexibility index (Phi) is 5.15. The summed E-state index contributed by atoms with van der Waals surface area (Å²) in [6, 6.07) is 6.80. The minimum absolute atomic E-state index is 0.000443. The molecule has 2 aromatic rings. The van der Waals surface area contributed by atoms with Gasteiger partial charge in [0, 0.05) is 11.4 Å². The van der Waals surface area contributed by atoms with E-state index in [4.69, 9.17) is 9.52 Å². The summed E-state index contributed by atoms with van der Waals surface area (Å²) in [7, 11) is 0. The number of hydrogen-bond donors (Lipinski definition) is 1. The second-order valence-electron chi connectivity index (χ2n) is 5.76. The highest BCUT2D eigenvalue weighted by Gasteiger charge is 2.27. The van der Waals surface area contributed by atoms with Gasteiger partial charge in [-0.3, -0.25) is 4.79 Å². The van der Waals surface area contributed by atoms with E-state index in [9.17, 15) is 9.59 Å². The molecule has 0 saturated carbocycles. The van der Waals surface area contributed by atoms with E-state index in [1.54, 1.807) is 16.2 Å². The molecular weight excluding hydrogens is 326 g/mol. The van der Waals surface area contributed by atoms with Crippen molar-refractivity contribution in [2.24, 2.45) is 0 Å². The number of amides is 1. The Hall–Kier alpha value is -2.34. The maximum absolute atomic E-state index is 12.8. The molecule has 1 aliphatic heterocycles. The first kappa shape index (κ1) is 16.5. The van der Waals surface area contributed by atoms with Crippen LogP contribution in [0.1, 0.15) is 51.7 Å². The first-order valence-corrected chi connectivity index (χ1v) is 8.89. The van der Waals surface area contributed by atoms with Crippen molar-refractivity contribution in [2.45, 2.75) is 31.7 Å². The Morgan fingerprint density at radius 2 is 2.04 bits per heavy atom. The SMILES string of the molecule is O=C(O)c1ccc(C(=O)N2CCCCCC2/C=C/c2cccs2)o1. The number of furan rings is 1. The second-order valence-corrected chi connectivity index (χ2v) is 6.74. The number of carbonyl (C=O) groups excluding carboxylic acids is 1. The number of carboxylic acids is 1. The molecule has 1 atom stereocenters. The van der Waals surface area contributed by atoms with Gasteiger partial charge in [0.05, 0.1) is 6.04 Å². The standard InChI is InChI=1S/C18H19NO4S/c20-17(15-9-10-16(23-15)18(21)22)19-11-3-1-2-5-13(19)7-8-14-6-4-12-24-14/h4,6-10,12-13H,1-3,5,11H2,(H,21,22)/b8-7+. The van der Waals surface area contributed by atoms with Gasteiger partial charge in [-0.25, -0.2) is 4.79 Å². The maximum Gasteiger partial charge on any atom is 0.371 e. The molecule has 0 spiro atoms. The Bertz CT molecular complexity index is 732. The van der Waals surface area contributed by atoms with Crippen molar-refractivity contribution in [1.29, 1.82) is 0 Å². The Balaban J connectivity index is 1.80. The first-order chi connectivity index (χ1) is 11.6. The fourth-order valence-electron chi connectivity index (χ4n) is 2.89. The van der Waals surface area contributed by atoms with Gasteiger partial charge < -0.3 is 14.4 Å². The molecule has 0 aromatic carbocycles. The molecule has 1 N–H and O–H groups in total. The molecule has 1 aliphatic rings. The van der Waals surface area contributed by atoms with E-state index in [-0.39, 0.29) is 23.5 Å². The van der Waals surface area contributed by atoms with E-state index in [0.717, 1.165) is 30.6 Å². The van der Waals surface area contributed by atoms with Crippen LogP contribution >= 0.6 is 11.3 Å². The molecule has 1 unspecified atom stereocenters. The fraction of sp³-hybridized carbons (Fsp3) is 0.333. The largest absolute Gasteiger partial charge is 0.475 e. The average molecular weight is 345 g/mol. The van der Waals surface area contributed by atoms with E-state index < -0.39 is 5.97 Å². The van der Waals surface area contributed by atoms with Gasteiger partial charge in [-0.1, -0.05) is 25.0 Å². The maximum atomic E-state index is 12.8. The van der Waals surface area contributed by atoms with Crippen molar-refractivity contribution in [1.82, 2.24) is 4.90 Å². The van der Waals surface area contributed by atoms with Crippen LogP contribution in [0, 0.1) is 0 Å². The van der Waals surface area contributed by atoms with E-state index >= 15 is 0 Å². The minimum Gasteiger partial charge on any atom is -0.475 e. The molecule has 1 saturated heterocycles. The van der Waals surface area contributed by atoms with Crippen LogP contribution in [-0.2, 0) is 0 Å². The third-order valence-electron chi connectivity index (χ3n) is 4.11. The van der Waals surface area contributed by atoms with Crippen LogP contribution < -0.4 is 0 Å². The molecule has 1 amide bonds. The highest BCUT2D eigenvalue weighted by molar-refractivity contribution is 7.10. The molecule has 126 valence electrons. The highest BCUT2D eigenvalue weighted by atomic mass is 32.1. The number of carbonyl (C=O) groups is 2. The predicted molar refractivity (Wildman–Crippen MR) is 92.3 cm³/mol. The summed E-state index contributed by atoms with van der Waals surface area (Å²) < 4.78 is 5.19. The van der Waals surface area contributed by atoms with Gasteiger partial charge in [0.1, 0.15) is 0 Å². The van der Waals surface area contributed by atoms with Crippen molar-refractivity contribution in [3.8, 4) is 0 Å². The van der Waals surface area contributed by atoms with Crippen LogP contribution in [0.15, 0.2) is 40.1 Å². The summed E-state index contributed by atoms with van der Waals surface area (Å²) in [6.45, 7) is 0.654. The summed E-state index contributed by atoms with van der Waals surface area (Å²) >= 11 is 1.66. The van der Waals surface area contributed by atoms with Gasteiger partial charge in [-0.15, -0.1) is 11.3 Å². The number of rotatable bonds is 4. The number of thiophene rings is 1. The molecule has 3 heterocycles. The summed E-state index contributed by atoms with van der Waals surface area (Å²) in [6.07, 6.45) is 8.12. The molecule has 0 bridgehead atoms. The van der Waals surface area contributed by atoms with Gasteiger partial charge in [0.15, 0.2) is 5.76 Å². The third-order valence-corrected chi connectivity index (χ3v) is 4.95. The molecule has 0 radical (unpaired) electrons. The van der Waals surface area contributed by atoms with Crippen LogP contribution in [0.5, 0.6) is 0 Å². The lowest BCUT2D eigenvalue weighted by atomic mass is 10.1. The monoisotopic (exact) mass is 345 g/mol. The molecule has 6 heteroatoms. The van der Waals surface area contributed by atoms with Crippen LogP contribution in [0.2, 0.25) is 0 Å². The van der Waals surface area contributed by atoms with Crippen LogP contribution in [0.4, 0.5) is 0 Å². The third kappa shape index (κ3) is 3.76. The zero-order valence-electron chi connectivity index (χ0n) is 13.2. The number of likely N-dealkylation sites (tertiary alicyclic amines) is 1. The van der Waals surface area contributed by atoms with Gasteiger partial charge >= 0.3 is 5.97 Å². The topological polar surface area (TPSA) is 70.8 Å². The molecule has 5 nitrogen and oxygen atoms in total. The van der Waals surface area contributed by atoms with Crippen LogP contribution in [0.3, 0.4) is 0 Å². The second kappa shape index (κ2) is 7.49. The van der Waals surface area contributed by atoms with Crippen molar-refractivity contribution < 1.29 is 19.1 Å². The summed E-state index contributed by atoms with van der Waals surface area (Å²) in [5.41, 5.74) is 0. The zero-order chi connectivity index (χ0) is 16.9. The highest BCUT2D eigenvalue weighted by Crippen LogP contribution is 2.22. The molecule has 3 rings (SSSR count). The van der Waals surface area contributed by atoms with Crippen molar-refractivity contribution in [3.63, 3.8) is 0 Å². The quantitative estimate of drug-likeness (QED) is 0.904. The number of aromatic carboxylic acids is 1. The van der Waals surface area contributed by atoms with Gasteiger partial charge in [-0.2, -0.15) is 0 Å². The molecule has 2 aromatic heterocycles. The van der Waals surface area contributed by atoms with Crippen LogP contribution in [-0.4, -0.2) is 34.5 Å². The average Bonchev–Trinajstić information content (AvgIpc) is 3.21. The summed E-state index contributed by atoms with van der Waals surface area (Å²) in [5, 5.41) is 11.0. The molecule has 0 aliphatic carbocycles. The lowest BCUT2D eigenvalue weighted by Gasteiger charge is -2.27. The Morgan fingerprint density at radius 3 is 2.75 bits per heavy atom. The minimum atomic E-state index is -1.17. The van der Waals surface area contributed by atoms with Crippen LogP contribution in [0.25, 0.3) is 6.08 Å². The number of carboxylic acid groups (broad SMARTS) is 1. The smallest absolute Gasteiger partial charge is 0.371 e. The number of hydrogen-bond acceptors (Lipinski definition) is 4. The van der Waals surface area contributed by atoms with Crippen molar-refractivity contribution >= 4 is 29.3 Å². The predicted octanol–water partition coefficient (Wildman–Crippen LogP) is 4.14. The lowest BCUT2D eigenvalue weighted by molar-refractivity contribution is 0.0641. The van der Waals surface area contributed by atoms with Gasteiger partial charge in [0.25, 0.3) is 5.91 Å². The molecule has 1 fully saturated rings. The Morgan fingerprint density at radius 1 is 1.21 bits per heavy atom.